The molecule has 0 saturated heterocycles. The van der Waals surface area contributed by atoms with Crippen LogP contribution in [0.5, 0.6) is 5.75 Å². The number of rotatable bonds is 5. The third-order valence-corrected chi connectivity index (χ3v) is 7.04. The van der Waals surface area contributed by atoms with Crippen molar-refractivity contribution < 1.29 is 22.7 Å². The normalized spacial score (nSPS) is 13.8. The number of methoxy groups -OCH3 is 1. The standard InChI is InChI=1S/C19H20N4O5S2/c1-27-13-7-6-10(30(21,25)26)8-12(13)19(24)28-9-15-22-17(20)16-11-4-2-3-5-14(11)29-18(16)23-15/h6-8H,2-5,9H2,1H3,(H2,20,22,23)(H2,21,25,26). The fourth-order valence-electron chi connectivity index (χ4n) is 3.53. The molecule has 0 fully saturated rings. The van der Waals surface area contributed by atoms with Crippen molar-refractivity contribution in [3.63, 3.8) is 0 Å². The van der Waals surface area contributed by atoms with Gasteiger partial charge in [-0.1, -0.05) is 0 Å². The van der Waals surface area contributed by atoms with Crippen molar-refractivity contribution in [2.24, 2.45) is 5.14 Å². The van der Waals surface area contributed by atoms with E-state index in [-0.39, 0.29) is 28.6 Å². The van der Waals surface area contributed by atoms with Crippen LogP contribution in [0, 0.1) is 0 Å². The number of nitrogen functional groups attached to an aromatic ring is 1. The third kappa shape index (κ3) is 3.83. The molecule has 1 aromatic carbocycles. The summed E-state index contributed by atoms with van der Waals surface area (Å²) >= 11 is 1.60. The Bertz CT molecular complexity index is 1250. The summed E-state index contributed by atoms with van der Waals surface area (Å²) in [5, 5.41) is 6.04. The Morgan fingerprint density at radius 3 is 2.73 bits per heavy atom. The Kier molecular flexibility index (Phi) is 5.35. The van der Waals surface area contributed by atoms with E-state index < -0.39 is 16.0 Å². The first-order valence-corrected chi connectivity index (χ1v) is 11.6. The number of hydrogen-bond donors (Lipinski definition) is 2. The highest BCUT2D eigenvalue weighted by Gasteiger charge is 2.22. The van der Waals surface area contributed by atoms with Crippen LogP contribution in [-0.4, -0.2) is 31.5 Å². The van der Waals surface area contributed by atoms with Gasteiger partial charge in [0.1, 0.15) is 22.0 Å². The van der Waals surface area contributed by atoms with E-state index in [0.717, 1.165) is 42.0 Å². The SMILES string of the molecule is COc1ccc(S(N)(=O)=O)cc1C(=O)OCc1nc(N)c2c3c(sc2n1)CCCC3. The number of hydrogen-bond acceptors (Lipinski definition) is 9. The number of carbonyl (C=O) groups is 1. The number of nitrogens with two attached hydrogens (primary N) is 2. The lowest BCUT2D eigenvalue weighted by Gasteiger charge is -2.11. The number of ether oxygens (including phenoxy) is 2. The second-order valence-corrected chi connectivity index (χ2v) is 9.54. The summed E-state index contributed by atoms with van der Waals surface area (Å²) in [6.07, 6.45) is 4.26. The Morgan fingerprint density at radius 1 is 1.23 bits per heavy atom. The van der Waals surface area contributed by atoms with Gasteiger partial charge < -0.3 is 15.2 Å². The van der Waals surface area contributed by atoms with Gasteiger partial charge in [0.25, 0.3) is 0 Å². The monoisotopic (exact) mass is 448 g/mol. The topological polar surface area (TPSA) is 147 Å². The van der Waals surface area contributed by atoms with E-state index in [1.165, 1.54) is 29.7 Å². The van der Waals surface area contributed by atoms with E-state index in [2.05, 4.69) is 9.97 Å². The third-order valence-electron chi connectivity index (χ3n) is 4.94. The number of aryl methyl sites for hydroxylation is 2. The van der Waals surface area contributed by atoms with Gasteiger partial charge in [-0.15, -0.1) is 11.3 Å². The molecule has 0 atom stereocenters. The molecule has 2 heterocycles. The van der Waals surface area contributed by atoms with Crippen molar-refractivity contribution in [3.8, 4) is 5.75 Å². The minimum atomic E-state index is -3.99. The number of primary sulfonamides is 1. The van der Waals surface area contributed by atoms with Crippen molar-refractivity contribution >= 4 is 43.4 Å². The maximum atomic E-state index is 12.6. The van der Waals surface area contributed by atoms with Gasteiger partial charge in [-0.25, -0.2) is 28.3 Å². The molecule has 0 aliphatic heterocycles. The average Bonchev–Trinajstić information content (AvgIpc) is 3.09. The van der Waals surface area contributed by atoms with Crippen molar-refractivity contribution in [2.45, 2.75) is 37.2 Å². The molecule has 0 radical (unpaired) electrons. The number of sulfonamides is 1. The van der Waals surface area contributed by atoms with Gasteiger partial charge in [0.05, 0.1) is 17.4 Å². The fraction of sp³-hybridized carbons (Fsp3) is 0.316. The zero-order valence-electron chi connectivity index (χ0n) is 16.2. The first-order chi connectivity index (χ1) is 14.3. The van der Waals surface area contributed by atoms with Crippen molar-refractivity contribution in [1.29, 1.82) is 0 Å². The van der Waals surface area contributed by atoms with Crippen LogP contribution < -0.4 is 15.6 Å². The second-order valence-electron chi connectivity index (χ2n) is 6.90. The van der Waals surface area contributed by atoms with Crippen molar-refractivity contribution in [1.82, 2.24) is 9.97 Å². The van der Waals surface area contributed by atoms with Crippen LogP contribution in [0.25, 0.3) is 10.2 Å². The van der Waals surface area contributed by atoms with Gasteiger partial charge in [0.2, 0.25) is 10.0 Å². The number of benzene rings is 1. The molecule has 2 aromatic heterocycles. The molecule has 9 nitrogen and oxygen atoms in total. The average molecular weight is 449 g/mol. The number of aromatic nitrogens is 2. The number of fused-ring (bicyclic) bond motifs is 3. The Morgan fingerprint density at radius 2 is 2.00 bits per heavy atom. The highest BCUT2D eigenvalue weighted by molar-refractivity contribution is 7.89. The summed E-state index contributed by atoms with van der Waals surface area (Å²) in [5.74, 6) is 0.0204. The van der Waals surface area contributed by atoms with Gasteiger partial charge in [0, 0.05) is 4.88 Å². The predicted octanol–water partition coefficient (Wildman–Crippen LogP) is 2.17. The van der Waals surface area contributed by atoms with Crippen molar-refractivity contribution in [2.75, 3.05) is 12.8 Å². The summed E-state index contributed by atoms with van der Waals surface area (Å²) in [6.45, 7) is -0.218. The zero-order chi connectivity index (χ0) is 21.5. The number of esters is 1. The van der Waals surface area contributed by atoms with Gasteiger partial charge in [-0.05, 0) is 49.4 Å². The molecular formula is C19H20N4O5S2. The van der Waals surface area contributed by atoms with Gasteiger partial charge >= 0.3 is 5.97 Å². The van der Waals surface area contributed by atoms with Crippen LogP contribution in [0.15, 0.2) is 23.1 Å². The quantitative estimate of drug-likeness (QED) is 0.564. The molecule has 11 heteroatoms. The van der Waals surface area contributed by atoms with E-state index in [1.807, 2.05) is 0 Å². The molecule has 0 unspecified atom stereocenters. The van der Waals surface area contributed by atoms with Crippen LogP contribution >= 0.6 is 11.3 Å². The molecule has 0 amide bonds. The van der Waals surface area contributed by atoms with Crippen LogP contribution in [0.1, 0.15) is 39.5 Å². The molecule has 30 heavy (non-hydrogen) atoms. The smallest absolute Gasteiger partial charge is 0.342 e. The first kappa shape index (κ1) is 20.5. The number of anilines is 1. The molecule has 1 aliphatic carbocycles. The molecule has 4 N–H and O–H groups in total. The summed E-state index contributed by atoms with van der Waals surface area (Å²) in [4.78, 5) is 23.2. The van der Waals surface area contributed by atoms with Crippen LogP contribution in [0.2, 0.25) is 0 Å². The minimum absolute atomic E-state index is 0.0651. The summed E-state index contributed by atoms with van der Waals surface area (Å²) < 4.78 is 33.6. The highest BCUT2D eigenvalue weighted by Crippen LogP contribution is 2.37. The lowest BCUT2D eigenvalue weighted by Crippen LogP contribution is -2.15. The molecule has 3 aromatic rings. The fourth-order valence-corrected chi connectivity index (χ4v) is 5.36. The van der Waals surface area contributed by atoms with Crippen LogP contribution in [0.3, 0.4) is 0 Å². The Balaban J connectivity index is 1.59. The van der Waals surface area contributed by atoms with Crippen LogP contribution in [0.4, 0.5) is 5.82 Å². The molecule has 1 aliphatic rings. The van der Waals surface area contributed by atoms with Gasteiger partial charge in [-0.3, -0.25) is 0 Å². The largest absolute Gasteiger partial charge is 0.496 e. The lowest BCUT2D eigenvalue weighted by molar-refractivity contribution is 0.0459. The maximum absolute atomic E-state index is 12.6. The number of carbonyl (C=O) groups excluding carboxylic acids is 1. The van der Waals surface area contributed by atoms with E-state index in [9.17, 15) is 13.2 Å². The molecular weight excluding hydrogens is 428 g/mol. The van der Waals surface area contributed by atoms with Crippen LogP contribution in [-0.2, 0) is 34.2 Å². The summed E-state index contributed by atoms with van der Waals surface area (Å²) in [6, 6.07) is 3.70. The number of nitrogens with zero attached hydrogens (tertiary/aromatic N) is 2. The zero-order valence-corrected chi connectivity index (χ0v) is 17.8. The first-order valence-electron chi connectivity index (χ1n) is 9.22. The molecule has 0 spiro atoms. The Hall–Kier alpha value is -2.76. The highest BCUT2D eigenvalue weighted by atomic mass is 32.2. The summed E-state index contributed by atoms with van der Waals surface area (Å²) in [7, 11) is -2.63. The summed E-state index contributed by atoms with van der Waals surface area (Å²) in [5.41, 5.74) is 7.33. The molecule has 0 bridgehead atoms. The van der Waals surface area contributed by atoms with E-state index in [1.54, 1.807) is 11.3 Å². The van der Waals surface area contributed by atoms with E-state index in [4.69, 9.17) is 20.3 Å². The second kappa shape index (κ2) is 7.82. The maximum Gasteiger partial charge on any atom is 0.342 e. The predicted molar refractivity (Wildman–Crippen MR) is 112 cm³/mol. The van der Waals surface area contributed by atoms with Crippen molar-refractivity contribution in [3.05, 3.63) is 40.0 Å². The molecule has 0 saturated carbocycles. The van der Waals surface area contributed by atoms with Gasteiger partial charge in [-0.2, -0.15) is 0 Å². The minimum Gasteiger partial charge on any atom is -0.496 e. The van der Waals surface area contributed by atoms with Gasteiger partial charge in [0.15, 0.2) is 12.4 Å². The number of thiophene rings is 1. The van der Waals surface area contributed by atoms with E-state index >= 15 is 0 Å². The van der Waals surface area contributed by atoms with E-state index in [0.29, 0.717) is 5.82 Å². The lowest BCUT2D eigenvalue weighted by atomic mass is 9.97. The molecule has 158 valence electrons. The molecule has 4 rings (SSSR count). The Labute approximate surface area is 177 Å².